The maximum absolute atomic E-state index is 4.70. The van der Waals surface area contributed by atoms with Crippen LogP contribution in [0.5, 0.6) is 0 Å². The number of nitrogens with zero attached hydrogens (tertiary/aromatic N) is 3. The van der Waals surface area contributed by atoms with E-state index in [0.29, 0.717) is 0 Å². The molecule has 1 N–H and O–H groups in total. The van der Waals surface area contributed by atoms with Crippen molar-refractivity contribution in [1.29, 1.82) is 0 Å². The molecule has 118 valence electrons. The second-order valence-corrected chi connectivity index (χ2v) is 6.80. The fourth-order valence-electron chi connectivity index (χ4n) is 4.03. The lowest BCUT2D eigenvalue weighted by Gasteiger charge is -2.40. The predicted octanol–water partition coefficient (Wildman–Crippen LogP) is 3.01. The molecule has 22 heavy (non-hydrogen) atoms. The highest BCUT2D eigenvalue weighted by molar-refractivity contribution is 5.74. The number of H-pyrrole nitrogens is 1. The Hall–Kier alpha value is -1.39. The first kappa shape index (κ1) is 14.2. The number of benzene rings is 1. The molecule has 1 saturated heterocycles. The Morgan fingerprint density at radius 2 is 1.77 bits per heavy atom. The van der Waals surface area contributed by atoms with Crippen LogP contribution in [-0.4, -0.2) is 52.0 Å². The summed E-state index contributed by atoms with van der Waals surface area (Å²) in [5.74, 6) is 1.10. The molecule has 1 aromatic carbocycles. The average Bonchev–Trinajstić information content (AvgIpc) is 2.98. The minimum absolute atomic E-state index is 0.863. The summed E-state index contributed by atoms with van der Waals surface area (Å²) in [5, 5.41) is 0. The normalized spacial score (nSPS) is 22.4. The molecule has 2 aliphatic rings. The number of imidazole rings is 1. The number of aromatic nitrogens is 2. The maximum Gasteiger partial charge on any atom is 0.121 e. The molecule has 4 rings (SSSR count). The lowest BCUT2D eigenvalue weighted by atomic mass is 9.94. The van der Waals surface area contributed by atoms with E-state index in [9.17, 15) is 0 Å². The zero-order chi connectivity index (χ0) is 14.8. The summed E-state index contributed by atoms with van der Waals surface area (Å²) in [4.78, 5) is 13.4. The van der Waals surface area contributed by atoms with Gasteiger partial charge in [0.1, 0.15) is 5.82 Å². The Morgan fingerprint density at radius 1 is 1.00 bits per heavy atom. The van der Waals surface area contributed by atoms with E-state index >= 15 is 0 Å². The van der Waals surface area contributed by atoms with Crippen molar-refractivity contribution in [3.8, 4) is 0 Å². The van der Waals surface area contributed by atoms with Crippen molar-refractivity contribution in [2.45, 2.75) is 44.7 Å². The first-order valence-electron chi connectivity index (χ1n) is 8.78. The molecular formula is C18H26N4. The molecular weight excluding hydrogens is 272 g/mol. The van der Waals surface area contributed by atoms with Gasteiger partial charge in [-0.3, -0.25) is 9.80 Å². The quantitative estimate of drug-likeness (QED) is 0.946. The molecule has 1 aliphatic carbocycles. The van der Waals surface area contributed by atoms with Crippen molar-refractivity contribution in [3.05, 3.63) is 30.1 Å². The molecule has 0 bridgehead atoms. The third kappa shape index (κ3) is 3.03. The minimum Gasteiger partial charge on any atom is -0.341 e. The molecule has 2 heterocycles. The van der Waals surface area contributed by atoms with E-state index in [1.807, 2.05) is 0 Å². The average molecular weight is 298 g/mol. The highest BCUT2D eigenvalue weighted by atomic mass is 15.3. The highest BCUT2D eigenvalue weighted by Crippen LogP contribution is 2.23. The van der Waals surface area contributed by atoms with Gasteiger partial charge in [0, 0.05) is 32.2 Å². The van der Waals surface area contributed by atoms with Crippen molar-refractivity contribution in [2.75, 3.05) is 26.2 Å². The van der Waals surface area contributed by atoms with Crippen molar-refractivity contribution in [3.63, 3.8) is 0 Å². The molecule has 0 amide bonds. The van der Waals surface area contributed by atoms with E-state index in [2.05, 4.69) is 39.0 Å². The van der Waals surface area contributed by atoms with Gasteiger partial charge < -0.3 is 4.98 Å². The lowest BCUT2D eigenvalue weighted by Crippen LogP contribution is -2.50. The van der Waals surface area contributed by atoms with Crippen molar-refractivity contribution >= 4 is 11.0 Å². The second-order valence-electron chi connectivity index (χ2n) is 6.80. The van der Waals surface area contributed by atoms with Crippen LogP contribution in [0.3, 0.4) is 0 Å². The zero-order valence-electron chi connectivity index (χ0n) is 13.3. The Labute approximate surface area is 132 Å². The minimum atomic E-state index is 0.863. The van der Waals surface area contributed by atoms with Crippen LogP contribution in [-0.2, 0) is 6.54 Å². The summed E-state index contributed by atoms with van der Waals surface area (Å²) >= 11 is 0. The molecule has 0 atom stereocenters. The molecule has 0 radical (unpaired) electrons. The smallest absolute Gasteiger partial charge is 0.121 e. The van der Waals surface area contributed by atoms with Crippen molar-refractivity contribution in [1.82, 2.24) is 19.8 Å². The first-order chi connectivity index (χ1) is 10.9. The lowest BCUT2D eigenvalue weighted by molar-refractivity contribution is 0.0744. The van der Waals surface area contributed by atoms with Crippen LogP contribution < -0.4 is 0 Å². The van der Waals surface area contributed by atoms with Gasteiger partial charge >= 0.3 is 0 Å². The highest BCUT2D eigenvalue weighted by Gasteiger charge is 2.25. The number of para-hydroxylation sites is 2. The van der Waals surface area contributed by atoms with Gasteiger partial charge in [0.15, 0.2) is 0 Å². The molecule has 1 aromatic heterocycles. The van der Waals surface area contributed by atoms with Crippen LogP contribution >= 0.6 is 0 Å². The molecule has 2 fully saturated rings. The van der Waals surface area contributed by atoms with Gasteiger partial charge in [-0.1, -0.05) is 31.4 Å². The van der Waals surface area contributed by atoms with Crippen LogP contribution in [0.25, 0.3) is 11.0 Å². The summed E-state index contributed by atoms with van der Waals surface area (Å²) in [6.07, 6.45) is 7.16. The molecule has 2 aromatic rings. The van der Waals surface area contributed by atoms with E-state index in [1.165, 1.54) is 58.3 Å². The standard InChI is InChI=1S/C18H26N4/c1-2-6-15(7-3-1)22-12-10-21(11-13-22)14-18-19-16-8-4-5-9-17(16)20-18/h4-5,8-9,15H,1-3,6-7,10-14H2,(H,19,20). The van der Waals surface area contributed by atoms with Gasteiger partial charge in [0.25, 0.3) is 0 Å². The van der Waals surface area contributed by atoms with Crippen LogP contribution in [0.1, 0.15) is 37.9 Å². The largest absolute Gasteiger partial charge is 0.341 e. The van der Waals surface area contributed by atoms with Crippen molar-refractivity contribution < 1.29 is 0 Å². The molecule has 4 nitrogen and oxygen atoms in total. The first-order valence-corrected chi connectivity index (χ1v) is 8.78. The summed E-state index contributed by atoms with van der Waals surface area (Å²) < 4.78 is 0. The summed E-state index contributed by atoms with van der Waals surface area (Å²) in [6, 6.07) is 9.16. The van der Waals surface area contributed by atoms with Gasteiger partial charge in [0.05, 0.1) is 17.6 Å². The number of fused-ring (bicyclic) bond motifs is 1. The van der Waals surface area contributed by atoms with E-state index in [-0.39, 0.29) is 0 Å². The number of rotatable bonds is 3. The number of nitrogens with one attached hydrogen (secondary N) is 1. The van der Waals surface area contributed by atoms with Gasteiger partial charge in [-0.25, -0.2) is 4.98 Å². The van der Waals surface area contributed by atoms with Crippen LogP contribution in [0.15, 0.2) is 24.3 Å². The Kier molecular flexibility index (Phi) is 4.13. The number of hydrogen-bond acceptors (Lipinski definition) is 3. The fraction of sp³-hybridized carbons (Fsp3) is 0.611. The SMILES string of the molecule is c1ccc2[nH]c(CN3CCN(C4CCCCC4)CC3)nc2c1. The number of piperazine rings is 1. The van der Waals surface area contributed by atoms with Crippen LogP contribution in [0.2, 0.25) is 0 Å². The number of aromatic amines is 1. The summed E-state index contributed by atoms with van der Waals surface area (Å²) in [6.45, 7) is 5.75. The molecule has 0 spiro atoms. The van der Waals surface area contributed by atoms with E-state index in [0.717, 1.165) is 29.4 Å². The molecule has 0 unspecified atom stereocenters. The third-order valence-electron chi connectivity index (χ3n) is 5.31. The van der Waals surface area contributed by atoms with E-state index in [4.69, 9.17) is 4.98 Å². The monoisotopic (exact) mass is 298 g/mol. The Balaban J connectivity index is 1.33. The number of hydrogen-bond donors (Lipinski definition) is 1. The van der Waals surface area contributed by atoms with Crippen LogP contribution in [0.4, 0.5) is 0 Å². The second kappa shape index (κ2) is 6.39. The van der Waals surface area contributed by atoms with E-state index < -0.39 is 0 Å². The van der Waals surface area contributed by atoms with E-state index in [1.54, 1.807) is 0 Å². The van der Waals surface area contributed by atoms with Gasteiger partial charge in [-0.15, -0.1) is 0 Å². The van der Waals surface area contributed by atoms with Gasteiger partial charge in [0.2, 0.25) is 0 Å². The Morgan fingerprint density at radius 3 is 2.55 bits per heavy atom. The molecule has 4 heteroatoms. The Bertz CT molecular complexity index is 573. The topological polar surface area (TPSA) is 35.2 Å². The maximum atomic E-state index is 4.70. The predicted molar refractivity (Wildman–Crippen MR) is 89.8 cm³/mol. The zero-order valence-corrected chi connectivity index (χ0v) is 13.3. The fourth-order valence-corrected chi connectivity index (χ4v) is 4.03. The molecule has 1 aliphatic heterocycles. The van der Waals surface area contributed by atoms with Gasteiger partial charge in [-0.05, 0) is 25.0 Å². The van der Waals surface area contributed by atoms with Crippen molar-refractivity contribution in [2.24, 2.45) is 0 Å². The molecule has 1 saturated carbocycles. The van der Waals surface area contributed by atoms with Crippen LogP contribution in [0, 0.1) is 0 Å². The summed E-state index contributed by atoms with van der Waals surface area (Å²) in [7, 11) is 0. The summed E-state index contributed by atoms with van der Waals surface area (Å²) in [5.41, 5.74) is 2.23. The third-order valence-corrected chi connectivity index (χ3v) is 5.31. The van der Waals surface area contributed by atoms with Gasteiger partial charge in [-0.2, -0.15) is 0 Å².